The maximum atomic E-state index is 12.1. The van der Waals surface area contributed by atoms with E-state index in [4.69, 9.17) is 11.6 Å². The molecule has 1 amide bonds. The summed E-state index contributed by atoms with van der Waals surface area (Å²) in [5.74, 6) is -0.504. The molecule has 0 aliphatic rings. The number of benzene rings is 1. The number of halogens is 1. The Balaban J connectivity index is 2.35. The van der Waals surface area contributed by atoms with E-state index in [0.29, 0.717) is 5.69 Å². The highest BCUT2D eigenvalue weighted by Gasteiger charge is 2.20. The largest absolute Gasteiger partial charge is 0.381 e. The number of carbonyl (C=O) groups is 1. The fraction of sp³-hybridized carbons (Fsp3) is 0.167. The molecule has 0 bridgehead atoms. The fourth-order valence-electron chi connectivity index (χ4n) is 1.80. The molecule has 0 aliphatic carbocycles. The van der Waals surface area contributed by atoms with Crippen LogP contribution >= 0.6 is 11.6 Å². The summed E-state index contributed by atoms with van der Waals surface area (Å²) in [6.45, 7) is 0. The van der Waals surface area contributed by atoms with Gasteiger partial charge in [0.2, 0.25) is 0 Å². The second-order valence-corrected chi connectivity index (χ2v) is 4.62. The van der Waals surface area contributed by atoms with Crippen molar-refractivity contribution >= 4 is 34.6 Å². The molecule has 1 heterocycles. The van der Waals surface area contributed by atoms with Crippen molar-refractivity contribution in [3.05, 3.63) is 45.2 Å². The number of nitrogens with one attached hydrogen (secondary N) is 2. The van der Waals surface area contributed by atoms with E-state index in [2.05, 4.69) is 15.7 Å². The molecule has 110 valence electrons. The summed E-state index contributed by atoms with van der Waals surface area (Å²) in [5.41, 5.74) is 0.481. The normalized spacial score (nSPS) is 10.2. The van der Waals surface area contributed by atoms with Gasteiger partial charge in [-0.2, -0.15) is 5.10 Å². The molecular formula is C12H12ClN5O3. The van der Waals surface area contributed by atoms with Crippen LogP contribution in [0.2, 0.25) is 5.02 Å². The van der Waals surface area contributed by atoms with Crippen LogP contribution in [0.1, 0.15) is 10.4 Å². The van der Waals surface area contributed by atoms with Crippen LogP contribution in [0.5, 0.6) is 0 Å². The number of aryl methyl sites for hydroxylation is 1. The van der Waals surface area contributed by atoms with Gasteiger partial charge in [-0.05, 0) is 6.07 Å². The first-order chi connectivity index (χ1) is 9.92. The molecule has 0 unspecified atom stereocenters. The van der Waals surface area contributed by atoms with Crippen molar-refractivity contribution in [2.45, 2.75) is 0 Å². The van der Waals surface area contributed by atoms with Crippen LogP contribution in [0.15, 0.2) is 24.5 Å². The number of aromatic nitrogens is 2. The third-order valence-corrected chi connectivity index (χ3v) is 3.04. The number of carbonyl (C=O) groups excluding carboxylic acids is 1. The Morgan fingerprint density at radius 2 is 2.19 bits per heavy atom. The van der Waals surface area contributed by atoms with Crippen LogP contribution < -0.4 is 10.6 Å². The van der Waals surface area contributed by atoms with Crippen LogP contribution in [-0.4, -0.2) is 27.7 Å². The lowest BCUT2D eigenvalue weighted by Crippen LogP contribution is -2.12. The highest BCUT2D eigenvalue weighted by Crippen LogP contribution is 2.33. The Kier molecular flexibility index (Phi) is 4.08. The first-order valence-corrected chi connectivity index (χ1v) is 6.26. The monoisotopic (exact) mass is 309 g/mol. The summed E-state index contributed by atoms with van der Waals surface area (Å²) in [6, 6.07) is 2.54. The number of nitro groups is 1. The number of rotatable bonds is 4. The van der Waals surface area contributed by atoms with Crippen molar-refractivity contribution in [3.63, 3.8) is 0 Å². The molecule has 9 heteroatoms. The Bertz CT molecular complexity index is 713. The first-order valence-electron chi connectivity index (χ1n) is 5.88. The second-order valence-electron chi connectivity index (χ2n) is 4.22. The predicted octanol–water partition coefficient (Wildman–Crippen LogP) is 2.28. The Labute approximate surface area is 124 Å². The van der Waals surface area contributed by atoms with E-state index in [1.54, 1.807) is 13.2 Å². The second kappa shape index (κ2) is 5.80. The third kappa shape index (κ3) is 3.11. The molecule has 8 nitrogen and oxygen atoms in total. The van der Waals surface area contributed by atoms with Gasteiger partial charge in [-0.1, -0.05) is 11.6 Å². The molecule has 0 fully saturated rings. The minimum Gasteiger partial charge on any atom is -0.381 e. The van der Waals surface area contributed by atoms with Gasteiger partial charge in [0.25, 0.3) is 11.6 Å². The van der Waals surface area contributed by atoms with Crippen molar-refractivity contribution in [3.8, 4) is 0 Å². The van der Waals surface area contributed by atoms with Crippen molar-refractivity contribution in [1.82, 2.24) is 9.78 Å². The molecule has 21 heavy (non-hydrogen) atoms. The Hall–Kier alpha value is -2.61. The van der Waals surface area contributed by atoms with Crippen LogP contribution in [0.25, 0.3) is 0 Å². The van der Waals surface area contributed by atoms with Crippen molar-refractivity contribution < 1.29 is 9.72 Å². The zero-order chi connectivity index (χ0) is 15.6. The smallest absolute Gasteiger partial charge is 0.294 e. The van der Waals surface area contributed by atoms with E-state index in [1.165, 1.54) is 30.1 Å². The molecule has 1 aromatic heterocycles. The lowest BCUT2D eigenvalue weighted by molar-refractivity contribution is -0.383. The first kappa shape index (κ1) is 14.8. The van der Waals surface area contributed by atoms with Gasteiger partial charge in [-0.3, -0.25) is 19.6 Å². The van der Waals surface area contributed by atoms with E-state index in [9.17, 15) is 14.9 Å². The minimum atomic E-state index is -0.599. The number of anilines is 2. The molecule has 2 aromatic rings. The molecule has 0 atom stereocenters. The summed E-state index contributed by atoms with van der Waals surface area (Å²) in [4.78, 5) is 22.5. The minimum absolute atomic E-state index is 0.0922. The molecule has 0 spiro atoms. The van der Waals surface area contributed by atoms with Gasteiger partial charge in [-0.25, -0.2) is 0 Å². The number of hydrogen-bond acceptors (Lipinski definition) is 5. The fourth-order valence-corrected chi connectivity index (χ4v) is 2.11. The zero-order valence-electron chi connectivity index (χ0n) is 11.3. The Morgan fingerprint density at radius 1 is 1.48 bits per heavy atom. The van der Waals surface area contributed by atoms with Crippen LogP contribution in [0, 0.1) is 10.1 Å². The number of amides is 1. The summed E-state index contributed by atoms with van der Waals surface area (Å²) in [6.07, 6.45) is 3.08. The van der Waals surface area contributed by atoms with Gasteiger partial charge in [0, 0.05) is 31.9 Å². The van der Waals surface area contributed by atoms with Crippen LogP contribution in [0.4, 0.5) is 17.1 Å². The van der Waals surface area contributed by atoms with Gasteiger partial charge in [-0.15, -0.1) is 0 Å². The molecule has 2 N–H and O–H groups in total. The third-order valence-electron chi connectivity index (χ3n) is 2.74. The quantitative estimate of drug-likeness (QED) is 0.666. The van der Waals surface area contributed by atoms with Crippen molar-refractivity contribution in [2.24, 2.45) is 7.05 Å². The molecule has 0 aliphatic heterocycles. The topological polar surface area (TPSA) is 102 Å². The summed E-state index contributed by atoms with van der Waals surface area (Å²) in [7, 11) is 3.22. The molecule has 0 saturated heterocycles. The number of nitro benzene ring substituents is 1. The average molecular weight is 310 g/mol. The molecule has 1 aromatic carbocycles. The maximum absolute atomic E-state index is 12.1. The zero-order valence-corrected chi connectivity index (χ0v) is 12.0. The highest BCUT2D eigenvalue weighted by atomic mass is 35.5. The van der Waals surface area contributed by atoms with Gasteiger partial charge in [0.1, 0.15) is 5.69 Å². The maximum Gasteiger partial charge on any atom is 0.294 e. The van der Waals surface area contributed by atoms with Gasteiger partial charge >= 0.3 is 0 Å². The molecular weight excluding hydrogens is 298 g/mol. The average Bonchev–Trinajstić information content (AvgIpc) is 2.82. The summed E-state index contributed by atoms with van der Waals surface area (Å²) in [5, 5.41) is 20.3. The van der Waals surface area contributed by atoms with Gasteiger partial charge in [0.15, 0.2) is 0 Å². The number of hydrogen-bond donors (Lipinski definition) is 2. The van der Waals surface area contributed by atoms with E-state index < -0.39 is 10.8 Å². The molecule has 2 rings (SSSR count). The number of nitrogens with zero attached hydrogens (tertiary/aromatic N) is 3. The van der Waals surface area contributed by atoms with Crippen molar-refractivity contribution in [1.29, 1.82) is 0 Å². The van der Waals surface area contributed by atoms with Crippen LogP contribution in [0.3, 0.4) is 0 Å². The van der Waals surface area contributed by atoms with E-state index in [0.717, 1.165) is 0 Å². The van der Waals surface area contributed by atoms with Gasteiger partial charge < -0.3 is 10.6 Å². The Morgan fingerprint density at radius 3 is 2.71 bits per heavy atom. The lowest BCUT2D eigenvalue weighted by atomic mass is 10.1. The lowest BCUT2D eigenvalue weighted by Gasteiger charge is -2.08. The summed E-state index contributed by atoms with van der Waals surface area (Å²) >= 11 is 5.97. The molecule has 0 saturated carbocycles. The summed E-state index contributed by atoms with van der Waals surface area (Å²) < 4.78 is 1.52. The SMILES string of the molecule is CNc1c(Cl)cc(C(=O)Nc2cnn(C)c2)cc1[N+](=O)[O-]. The van der Waals surface area contributed by atoms with Crippen LogP contribution in [-0.2, 0) is 7.05 Å². The van der Waals surface area contributed by atoms with E-state index in [-0.39, 0.29) is 22.0 Å². The van der Waals surface area contributed by atoms with Crippen molar-refractivity contribution in [2.75, 3.05) is 17.7 Å². The standard InChI is InChI=1S/C12H12ClN5O3/c1-14-11-9(13)3-7(4-10(11)18(20)21)12(19)16-8-5-15-17(2)6-8/h3-6,14H,1-2H3,(H,16,19). The molecule has 0 radical (unpaired) electrons. The van der Waals surface area contributed by atoms with Gasteiger partial charge in [0.05, 0.1) is 21.8 Å². The van der Waals surface area contributed by atoms with E-state index in [1.807, 2.05) is 0 Å². The predicted molar refractivity (Wildman–Crippen MR) is 78.8 cm³/mol. The highest BCUT2D eigenvalue weighted by molar-refractivity contribution is 6.34. The van der Waals surface area contributed by atoms with E-state index >= 15 is 0 Å².